The van der Waals surface area contributed by atoms with E-state index < -0.39 is 29.8 Å². The van der Waals surface area contributed by atoms with Gasteiger partial charge in [-0.05, 0) is 24.3 Å². The second-order valence-electron chi connectivity index (χ2n) is 6.33. The lowest BCUT2D eigenvalue weighted by Crippen LogP contribution is -2.44. The summed E-state index contributed by atoms with van der Waals surface area (Å²) in [6, 6.07) is 9.30. The number of nitriles is 2. The molecule has 1 heterocycles. The Balaban J connectivity index is 2.03. The number of nitrogens with one attached hydrogen (secondary N) is 2. The Morgan fingerprint density at radius 1 is 1.36 bits per heavy atom. The minimum atomic E-state index is -2.94. The fourth-order valence-electron chi connectivity index (χ4n) is 2.59. The molecule has 1 aromatic carbocycles. The molecular formula is C18H16F2N4O3S. The number of carbonyl (C=O) groups is 2. The molecule has 1 atom stereocenters. The third-order valence-corrected chi connectivity index (χ3v) is 5.05. The van der Waals surface area contributed by atoms with E-state index in [4.69, 9.17) is 0 Å². The number of alkyl halides is 2. The largest absolute Gasteiger partial charge is 0.435 e. The average Bonchev–Trinajstić information content (AvgIpc) is 2.60. The molecule has 7 nitrogen and oxygen atoms in total. The highest BCUT2D eigenvalue weighted by Crippen LogP contribution is 2.41. The molecule has 2 N–H and O–H groups in total. The third kappa shape index (κ3) is 4.78. The van der Waals surface area contributed by atoms with Crippen LogP contribution in [0.25, 0.3) is 0 Å². The van der Waals surface area contributed by atoms with Gasteiger partial charge in [-0.3, -0.25) is 9.59 Å². The predicted molar refractivity (Wildman–Crippen MR) is 97.8 cm³/mol. The molecular weight excluding hydrogens is 390 g/mol. The topological polar surface area (TPSA) is 115 Å². The van der Waals surface area contributed by atoms with Gasteiger partial charge in [-0.25, -0.2) is 0 Å². The van der Waals surface area contributed by atoms with E-state index in [2.05, 4.69) is 15.4 Å². The highest BCUT2D eigenvalue weighted by Gasteiger charge is 2.44. The molecule has 1 aromatic rings. The number of allylic oxidation sites excluding steroid dienone is 1. The highest BCUT2D eigenvalue weighted by molar-refractivity contribution is 8.03. The van der Waals surface area contributed by atoms with Gasteiger partial charge in [0.1, 0.15) is 11.7 Å². The van der Waals surface area contributed by atoms with E-state index >= 15 is 0 Å². The van der Waals surface area contributed by atoms with E-state index in [1.807, 2.05) is 12.1 Å². The summed E-state index contributed by atoms with van der Waals surface area (Å²) in [7, 11) is 0. The molecule has 0 aromatic heterocycles. The van der Waals surface area contributed by atoms with Crippen molar-refractivity contribution in [2.24, 2.45) is 11.3 Å². The van der Waals surface area contributed by atoms with Crippen LogP contribution >= 0.6 is 11.8 Å². The first-order valence-corrected chi connectivity index (χ1v) is 9.00. The zero-order valence-electron chi connectivity index (χ0n) is 15.0. The monoisotopic (exact) mass is 406 g/mol. The highest BCUT2D eigenvalue weighted by atomic mass is 32.2. The number of hydrogen-bond donors (Lipinski definition) is 2. The van der Waals surface area contributed by atoms with Gasteiger partial charge in [0.15, 0.2) is 0 Å². The SMILES string of the molecule is CC1(C)C(C#N)=C(SCC(=O)Nc2ccc(OC(F)F)cc2)NC(=O)[C@H]1C#N. The lowest BCUT2D eigenvalue weighted by molar-refractivity contribution is -0.125. The fraction of sp³-hybridized carbons (Fsp3) is 0.333. The first kappa shape index (κ1) is 21.2. The van der Waals surface area contributed by atoms with Crippen molar-refractivity contribution >= 4 is 29.3 Å². The van der Waals surface area contributed by atoms with Crippen LogP contribution in [0.3, 0.4) is 0 Å². The Labute approximate surface area is 164 Å². The van der Waals surface area contributed by atoms with Crippen LogP contribution in [0.15, 0.2) is 34.9 Å². The van der Waals surface area contributed by atoms with Crippen molar-refractivity contribution in [3.05, 3.63) is 34.9 Å². The molecule has 28 heavy (non-hydrogen) atoms. The summed E-state index contributed by atoms with van der Waals surface area (Å²) in [6.07, 6.45) is 0. The van der Waals surface area contributed by atoms with Gasteiger partial charge in [0.05, 0.1) is 28.5 Å². The molecule has 0 fully saturated rings. The normalized spacial score (nSPS) is 18.1. The average molecular weight is 406 g/mol. The van der Waals surface area contributed by atoms with Crippen LogP contribution in [0.2, 0.25) is 0 Å². The molecule has 0 spiro atoms. The van der Waals surface area contributed by atoms with Crippen LogP contribution in [0.4, 0.5) is 14.5 Å². The summed E-state index contributed by atoms with van der Waals surface area (Å²) in [4.78, 5) is 24.2. The smallest absolute Gasteiger partial charge is 0.387 e. The molecule has 10 heteroatoms. The number of nitrogens with zero attached hydrogens (tertiary/aromatic N) is 2. The van der Waals surface area contributed by atoms with Crippen LogP contribution < -0.4 is 15.4 Å². The number of ether oxygens (including phenoxy) is 1. The fourth-order valence-corrected chi connectivity index (χ4v) is 3.56. The van der Waals surface area contributed by atoms with E-state index in [-0.39, 0.29) is 22.1 Å². The standard InChI is InChI=1S/C18H16F2N4O3S/c1-18(2)12(7-21)15(26)24-16(13(18)8-22)28-9-14(25)23-10-3-5-11(6-4-10)27-17(19)20/h3-6,12,17H,9H2,1-2H3,(H,23,25)(H,24,26)/t12-/m1/s1. The molecule has 1 aliphatic rings. The molecule has 146 valence electrons. The van der Waals surface area contributed by atoms with Gasteiger partial charge in [-0.1, -0.05) is 25.6 Å². The number of hydrogen-bond acceptors (Lipinski definition) is 6. The van der Waals surface area contributed by atoms with Crippen molar-refractivity contribution in [3.63, 3.8) is 0 Å². The van der Waals surface area contributed by atoms with Crippen molar-refractivity contribution in [2.45, 2.75) is 20.5 Å². The number of anilines is 1. The second kappa shape index (κ2) is 8.72. The molecule has 1 aliphatic heterocycles. The number of rotatable bonds is 6. The number of benzene rings is 1. The maximum absolute atomic E-state index is 12.1. The van der Waals surface area contributed by atoms with Crippen molar-refractivity contribution in [1.29, 1.82) is 10.5 Å². The van der Waals surface area contributed by atoms with Crippen LogP contribution in [0.5, 0.6) is 5.75 Å². The predicted octanol–water partition coefficient (Wildman–Crippen LogP) is 2.99. The minimum absolute atomic E-state index is 0.0367. The van der Waals surface area contributed by atoms with Crippen molar-refractivity contribution in [3.8, 4) is 17.9 Å². The summed E-state index contributed by atoms with van der Waals surface area (Å²) >= 11 is 0.967. The van der Waals surface area contributed by atoms with E-state index in [9.17, 15) is 28.9 Å². The van der Waals surface area contributed by atoms with Crippen LogP contribution in [-0.4, -0.2) is 24.2 Å². The minimum Gasteiger partial charge on any atom is -0.435 e. The Morgan fingerprint density at radius 3 is 2.54 bits per heavy atom. The van der Waals surface area contributed by atoms with Gasteiger partial charge in [-0.2, -0.15) is 19.3 Å². The van der Waals surface area contributed by atoms with Crippen molar-refractivity contribution < 1.29 is 23.1 Å². The molecule has 0 bridgehead atoms. The molecule has 0 saturated heterocycles. The van der Waals surface area contributed by atoms with E-state index in [0.717, 1.165) is 11.8 Å². The van der Waals surface area contributed by atoms with E-state index in [1.165, 1.54) is 24.3 Å². The lowest BCUT2D eigenvalue weighted by atomic mass is 9.72. The van der Waals surface area contributed by atoms with E-state index in [1.54, 1.807) is 13.8 Å². The summed E-state index contributed by atoms with van der Waals surface area (Å²) in [5.74, 6) is -2.10. The van der Waals surface area contributed by atoms with E-state index in [0.29, 0.717) is 5.69 Å². The summed E-state index contributed by atoms with van der Waals surface area (Å²) in [5, 5.41) is 23.9. The second-order valence-corrected chi connectivity index (χ2v) is 7.31. The summed E-state index contributed by atoms with van der Waals surface area (Å²) < 4.78 is 28.5. The molecule has 0 aliphatic carbocycles. The quantitative estimate of drug-likeness (QED) is 0.750. The van der Waals surface area contributed by atoms with Crippen LogP contribution in [-0.2, 0) is 9.59 Å². The van der Waals surface area contributed by atoms with Gasteiger partial charge in [0, 0.05) is 11.1 Å². The first-order chi connectivity index (χ1) is 13.2. The zero-order chi connectivity index (χ0) is 20.9. The van der Waals surface area contributed by atoms with Gasteiger partial charge >= 0.3 is 6.61 Å². The molecule has 0 saturated carbocycles. The first-order valence-electron chi connectivity index (χ1n) is 8.02. The van der Waals surface area contributed by atoms with Gasteiger partial charge in [-0.15, -0.1) is 0 Å². The van der Waals surface area contributed by atoms with Gasteiger partial charge < -0.3 is 15.4 Å². The number of amides is 2. The number of carbonyl (C=O) groups excluding carboxylic acids is 2. The summed E-state index contributed by atoms with van der Waals surface area (Å²) in [6.45, 7) is 0.318. The van der Waals surface area contributed by atoms with Gasteiger partial charge in [0.2, 0.25) is 11.8 Å². The lowest BCUT2D eigenvalue weighted by Gasteiger charge is -2.34. The van der Waals surface area contributed by atoms with Crippen molar-refractivity contribution in [1.82, 2.24) is 5.32 Å². The molecule has 2 rings (SSSR count). The molecule has 0 radical (unpaired) electrons. The Bertz CT molecular complexity index is 886. The Kier molecular flexibility index (Phi) is 6.60. The number of halogens is 2. The maximum atomic E-state index is 12.1. The molecule has 0 unspecified atom stereocenters. The Morgan fingerprint density at radius 2 is 2.00 bits per heavy atom. The molecule has 2 amide bonds. The van der Waals surface area contributed by atoms with Crippen LogP contribution in [0, 0.1) is 34.0 Å². The maximum Gasteiger partial charge on any atom is 0.387 e. The van der Waals surface area contributed by atoms with Crippen LogP contribution in [0.1, 0.15) is 13.8 Å². The number of thioether (sulfide) groups is 1. The van der Waals surface area contributed by atoms with Crippen molar-refractivity contribution in [2.75, 3.05) is 11.1 Å². The zero-order valence-corrected chi connectivity index (χ0v) is 15.8. The summed E-state index contributed by atoms with van der Waals surface area (Å²) in [5.41, 5.74) is -0.380. The Hall–Kier alpha value is -3.11. The van der Waals surface area contributed by atoms with Gasteiger partial charge in [0.25, 0.3) is 0 Å². The third-order valence-electron chi connectivity index (χ3n) is 4.04.